The molecule has 0 saturated carbocycles. The molecule has 0 heterocycles. The van der Waals surface area contributed by atoms with Crippen LogP contribution in [0.3, 0.4) is 0 Å². The van der Waals surface area contributed by atoms with E-state index >= 15 is 0 Å². The van der Waals surface area contributed by atoms with E-state index in [9.17, 15) is 4.79 Å². The summed E-state index contributed by atoms with van der Waals surface area (Å²) >= 11 is 0. The van der Waals surface area contributed by atoms with Gasteiger partial charge >= 0.3 is 23.0 Å². The number of rotatable bonds is 1. The van der Waals surface area contributed by atoms with Crippen molar-refractivity contribution in [3.05, 3.63) is 0 Å². The molecule has 0 unspecified atom stereocenters. The van der Waals surface area contributed by atoms with Gasteiger partial charge in [0.15, 0.2) is 0 Å². The van der Waals surface area contributed by atoms with E-state index in [0.717, 1.165) is 0 Å². The van der Waals surface area contributed by atoms with Crippen LogP contribution in [-0.2, 0) is 21.9 Å². The standard InChI is InChI=1S/C3H7NO2.Mn/c1-2(4)3(5)6;/h2H,4H2,1H3,(H,5,6);/q;+2/t2-;/m0./s1. The third-order valence-electron chi connectivity index (χ3n) is 0.390. The molecule has 4 heteroatoms. The zero-order chi connectivity index (χ0) is 5.15. The van der Waals surface area contributed by atoms with Crippen LogP contribution in [0.1, 0.15) is 6.92 Å². The second-order valence-corrected chi connectivity index (χ2v) is 1.13. The molecular weight excluding hydrogens is 137 g/mol. The van der Waals surface area contributed by atoms with Crippen LogP contribution in [0, 0.1) is 0 Å². The summed E-state index contributed by atoms with van der Waals surface area (Å²) in [5.41, 5.74) is 4.84. The molecule has 0 fully saturated rings. The Morgan fingerprint density at radius 1 is 1.86 bits per heavy atom. The van der Waals surface area contributed by atoms with Gasteiger partial charge in [0, 0.05) is 0 Å². The van der Waals surface area contributed by atoms with Crippen LogP contribution >= 0.6 is 0 Å². The van der Waals surface area contributed by atoms with Crippen LogP contribution in [0.4, 0.5) is 0 Å². The van der Waals surface area contributed by atoms with Crippen molar-refractivity contribution >= 4 is 5.97 Å². The first-order valence-corrected chi connectivity index (χ1v) is 1.63. The summed E-state index contributed by atoms with van der Waals surface area (Å²) in [4.78, 5) is 9.57. The van der Waals surface area contributed by atoms with Gasteiger partial charge < -0.3 is 10.8 Å². The van der Waals surface area contributed by atoms with Crippen molar-refractivity contribution in [1.29, 1.82) is 0 Å². The van der Waals surface area contributed by atoms with Gasteiger partial charge in [-0.3, -0.25) is 4.79 Å². The van der Waals surface area contributed by atoms with E-state index in [4.69, 9.17) is 10.8 Å². The van der Waals surface area contributed by atoms with E-state index in [1.54, 1.807) is 0 Å². The minimum Gasteiger partial charge on any atom is -0.480 e. The minimum atomic E-state index is -0.963. The molecule has 0 aliphatic heterocycles. The molecule has 1 radical (unpaired) electrons. The molecule has 0 rings (SSSR count). The van der Waals surface area contributed by atoms with E-state index in [0.29, 0.717) is 0 Å². The second kappa shape index (κ2) is 4.12. The van der Waals surface area contributed by atoms with Crippen LogP contribution in [0.5, 0.6) is 0 Å². The molecule has 1 atom stereocenters. The second-order valence-electron chi connectivity index (χ2n) is 1.13. The van der Waals surface area contributed by atoms with Crippen LogP contribution in [0.15, 0.2) is 0 Å². The average Bonchev–Trinajstić information content (AvgIpc) is 1.36. The number of carboxylic acid groups (broad SMARTS) is 1. The molecule has 0 amide bonds. The summed E-state index contributed by atoms with van der Waals surface area (Å²) in [7, 11) is 0. The molecule has 3 nitrogen and oxygen atoms in total. The zero-order valence-corrected chi connectivity index (χ0v) is 5.07. The SMILES string of the molecule is C[C@H](N)C(=O)O.[Mn+2]. The summed E-state index contributed by atoms with van der Waals surface area (Å²) in [6.07, 6.45) is 0. The molecule has 0 aliphatic rings. The Morgan fingerprint density at radius 2 is 2.00 bits per heavy atom. The third kappa shape index (κ3) is 5.95. The summed E-state index contributed by atoms with van der Waals surface area (Å²) < 4.78 is 0. The molecule has 0 aromatic rings. The van der Waals surface area contributed by atoms with Gasteiger partial charge in [0.05, 0.1) is 0 Å². The predicted octanol–water partition coefficient (Wildman–Crippen LogP) is -0.584. The molecule has 7 heavy (non-hydrogen) atoms. The van der Waals surface area contributed by atoms with E-state index in [-0.39, 0.29) is 17.1 Å². The van der Waals surface area contributed by atoms with Crippen molar-refractivity contribution < 1.29 is 27.0 Å². The number of hydrogen-bond acceptors (Lipinski definition) is 2. The number of aliphatic carboxylic acids is 1. The maximum absolute atomic E-state index is 9.57. The van der Waals surface area contributed by atoms with Crippen LogP contribution in [0.25, 0.3) is 0 Å². The predicted molar refractivity (Wildman–Crippen MR) is 21.3 cm³/mol. The van der Waals surface area contributed by atoms with Crippen molar-refractivity contribution in [3.63, 3.8) is 0 Å². The Morgan fingerprint density at radius 3 is 2.00 bits per heavy atom. The van der Waals surface area contributed by atoms with Crippen LogP contribution in [-0.4, -0.2) is 17.1 Å². The van der Waals surface area contributed by atoms with Gasteiger partial charge in [-0.2, -0.15) is 0 Å². The maximum Gasteiger partial charge on any atom is 2.00 e. The van der Waals surface area contributed by atoms with Gasteiger partial charge in [-0.05, 0) is 6.92 Å². The Kier molecular flexibility index (Phi) is 5.91. The van der Waals surface area contributed by atoms with Crippen molar-refractivity contribution in [2.75, 3.05) is 0 Å². The van der Waals surface area contributed by atoms with Crippen molar-refractivity contribution in [2.24, 2.45) is 5.73 Å². The fraction of sp³-hybridized carbons (Fsp3) is 0.667. The molecule has 0 saturated heterocycles. The minimum absolute atomic E-state index is 0. The van der Waals surface area contributed by atoms with Crippen molar-refractivity contribution in [1.82, 2.24) is 0 Å². The number of carboxylic acids is 1. The molecule has 0 spiro atoms. The Bertz CT molecular complexity index is 64.0. The van der Waals surface area contributed by atoms with Gasteiger partial charge in [-0.1, -0.05) is 0 Å². The Labute approximate surface area is 52.4 Å². The fourth-order valence-electron chi connectivity index (χ4n) is 0. The topological polar surface area (TPSA) is 63.3 Å². The molecule has 0 aromatic carbocycles. The fourth-order valence-corrected chi connectivity index (χ4v) is 0. The van der Waals surface area contributed by atoms with Crippen LogP contribution in [0.2, 0.25) is 0 Å². The van der Waals surface area contributed by atoms with E-state index < -0.39 is 12.0 Å². The van der Waals surface area contributed by atoms with Gasteiger partial charge in [-0.25, -0.2) is 0 Å². The smallest absolute Gasteiger partial charge is 0.480 e. The quantitative estimate of drug-likeness (QED) is 0.483. The molecule has 0 aliphatic carbocycles. The van der Waals surface area contributed by atoms with Crippen molar-refractivity contribution in [3.8, 4) is 0 Å². The summed E-state index contributed by atoms with van der Waals surface area (Å²) in [5.74, 6) is -0.963. The summed E-state index contributed by atoms with van der Waals surface area (Å²) in [6.45, 7) is 1.42. The Balaban J connectivity index is 0. The summed E-state index contributed by atoms with van der Waals surface area (Å²) in [5, 5.41) is 7.87. The molecule has 0 aromatic heterocycles. The summed E-state index contributed by atoms with van der Waals surface area (Å²) in [6, 6.07) is -0.731. The largest absolute Gasteiger partial charge is 2.00 e. The molecule has 0 bridgehead atoms. The molecule has 3 N–H and O–H groups in total. The van der Waals surface area contributed by atoms with Crippen LogP contribution < -0.4 is 5.73 Å². The molecule has 41 valence electrons. The number of carbonyl (C=O) groups is 1. The van der Waals surface area contributed by atoms with Gasteiger partial charge in [0.2, 0.25) is 0 Å². The van der Waals surface area contributed by atoms with E-state index in [2.05, 4.69) is 0 Å². The maximum atomic E-state index is 9.57. The zero-order valence-electron chi connectivity index (χ0n) is 3.89. The third-order valence-corrected chi connectivity index (χ3v) is 0.390. The van der Waals surface area contributed by atoms with Gasteiger partial charge in [0.25, 0.3) is 0 Å². The normalized spacial score (nSPS) is 11.7. The Hall–Kier alpha value is -0.0505. The van der Waals surface area contributed by atoms with Crippen molar-refractivity contribution in [2.45, 2.75) is 13.0 Å². The van der Waals surface area contributed by atoms with Gasteiger partial charge in [-0.15, -0.1) is 0 Å². The van der Waals surface area contributed by atoms with E-state index in [1.807, 2.05) is 0 Å². The first kappa shape index (κ1) is 10.0. The molecular formula is C3H7MnNO2+2. The average molecular weight is 144 g/mol. The van der Waals surface area contributed by atoms with Gasteiger partial charge in [0.1, 0.15) is 6.04 Å². The number of nitrogens with two attached hydrogens (primary N) is 1. The monoisotopic (exact) mass is 144 g/mol. The first-order valence-electron chi connectivity index (χ1n) is 1.63. The number of hydrogen-bond donors (Lipinski definition) is 2. The van der Waals surface area contributed by atoms with E-state index in [1.165, 1.54) is 6.92 Å². The first-order chi connectivity index (χ1) is 2.64.